The number of carbonyl (C=O) groups excluding carboxylic acids is 1. The number of H-pyrrole nitrogens is 1. The van der Waals surface area contributed by atoms with Crippen molar-refractivity contribution in [2.24, 2.45) is 0 Å². The SMILES string of the molecule is Cc1cc(CN2CCN(C(=O)c3cc(C(C)C)[nH]c(=O)c3)CC2)no1. The lowest BCUT2D eigenvalue weighted by molar-refractivity contribution is 0.0625. The molecule has 25 heavy (non-hydrogen) atoms. The fourth-order valence-corrected chi connectivity index (χ4v) is 3.01. The summed E-state index contributed by atoms with van der Waals surface area (Å²) in [5, 5.41) is 4.01. The molecule has 0 saturated carbocycles. The third-order valence-electron chi connectivity index (χ3n) is 4.46. The van der Waals surface area contributed by atoms with Crippen molar-refractivity contribution in [1.29, 1.82) is 0 Å². The molecule has 0 atom stereocenters. The number of nitrogens with one attached hydrogen (secondary N) is 1. The van der Waals surface area contributed by atoms with Crippen molar-refractivity contribution < 1.29 is 9.32 Å². The Hall–Kier alpha value is -2.41. The predicted octanol–water partition coefficient (Wildman–Crippen LogP) is 1.75. The molecule has 0 spiro atoms. The van der Waals surface area contributed by atoms with Crippen LogP contribution in [0, 0.1) is 6.92 Å². The van der Waals surface area contributed by atoms with Crippen LogP contribution in [0.3, 0.4) is 0 Å². The fraction of sp³-hybridized carbons (Fsp3) is 0.500. The van der Waals surface area contributed by atoms with Crippen LogP contribution in [0.15, 0.2) is 27.5 Å². The van der Waals surface area contributed by atoms with Gasteiger partial charge in [0.1, 0.15) is 5.76 Å². The van der Waals surface area contributed by atoms with E-state index in [1.54, 1.807) is 6.07 Å². The molecular weight excluding hydrogens is 320 g/mol. The summed E-state index contributed by atoms with van der Waals surface area (Å²) in [4.78, 5) is 31.4. The van der Waals surface area contributed by atoms with Crippen molar-refractivity contribution in [3.8, 4) is 0 Å². The highest BCUT2D eigenvalue weighted by atomic mass is 16.5. The zero-order valence-electron chi connectivity index (χ0n) is 14.9. The summed E-state index contributed by atoms with van der Waals surface area (Å²) < 4.78 is 5.09. The summed E-state index contributed by atoms with van der Waals surface area (Å²) in [5.41, 5.74) is 1.94. The molecule has 0 aliphatic carbocycles. The van der Waals surface area contributed by atoms with E-state index in [0.717, 1.165) is 36.8 Å². The van der Waals surface area contributed by atoms with Gasteiger partial charge in [-0.25, -0.2) is 0 Å². The topological polar surface area (TPSA) is 82.4 Å². The summed E-state index contributed by atoms with van der Waals surface area (Å²) in [6, 6.07) is 5.11. The van der Waals surface area contributed by atoms with Crippen molar-refractivity contribution in [3.05, 3.63) is 51.3 Å². The highest BCUT2D eigenvalue weighted by Gasteiger charge is 2.23. The lowest BCUT2D eigenvalue weighted by Gasteiger charge is -2.34. The van der Waals surface area contributed by atoms with Crippen LogP contribution in [-0.4, -0.2) is 52.0 Å². The van der Waals surface area contributed by atoms with Crippen molar-refractivity contribution in [2.75, 3.05) is 26.2 Å². The number of hydrogen-bond acceptors (Lipinski definition) is 5. The second-order valence-corrected chi connectivity index (χ2v) is 6.84. The highest BCUT2D eigenvalue weighted by molar-refractivity contribution is 5.94. The van der Waals surface area contributed by atoms with Gasteiger partial charge in [-0.05, 0) is 18.9 Å². The van der Waals surface area contributed by atoms with E-state index in [2.05, 4.69) is 15.0 Å². The third-order valence-corrected chi connectivity index (χ3v) is 4.46. The zero-order chi connectivity index (χ0) is 18.0. The molecule has 1 fully saturated rings. The van der Waals surface area contributed by atoms with Crippen LogP contribution in [0.4, 0.5) is 0 Å². The first-order valence-electron chi connectivity index (χ1n) is 8.60. The molecule has 2 aromatic heterocycles. The molecule has 7 heteroatoms. The van der Waals surface area contributed by atoms with Crippen LogP contribution >= 0.6 is 0 Å². The minimum atomic E-state index is -0.227. The van der Waals surface area contributed by atoms with Crippen LogP contribution < -0.4 is 5.56 Å². The van der Waals surface area contributed by atoms with Crippen LogP contribution in [0.2, 0.25) is 0 Å². The molecule has 3 heterocycles. The summed E-state index contributed by atoms with van der Waals surface area (Å²) >= 11 is 0. The number of aryl methyl sites for hydroxylation is 1. The average molecular weight is 344 g/mol. The first kappa shape index (κ1) is 17.4. The van der Waals surface area contributed by atoms with Crippen molar-refractivity contribution in [1.82, 2.24) is 19.9 Å². The van der Waals surface area contributed by atoms with Gasteiger partial charge < -0.3 is 14.4 Å². The molecule has 1 aliphatic heterocycles. The van der Waals surface area contributed by atoms with E-state index >= 15 is 0 Å². The Morgan fingerprint density at radius 3 is 2.56 bits per heavy atom. The maximum absolute atomic E-state index is 12.7. The van der Waals surface area contributed by atoms with Gasteiger partial charge in [0.15, 0.2) is 0 Å². The van der Waals surface area contributed by atoms with E-state index in [1.807, 2.05) is 31.7 Å². The number of amides is 1. The number of pyridine rings is 1. The number of aromatic nitrogens is 2. The summed E-state index contributed by atoms with van der Waals surface area (Å²) in [6.45, 7) is 9.41. The van der Waals surface area contributed by atoms with Gasteiger partial charge in [-0.2, -0.15) is 0 Å². The maximum Gasteiger partial charge on any atom is 0.254 e. The van der Waals surface area contributed by atoms with Crippen LogP contribution in [0.25, 0.3) is 0 Å². The second-order valence-electron chi connectivity index (χ2n) is 6.84. The average Bonchev–Trinajstić information content (AvgIpc) is 2.99. The third kappa shape index (κ3) is 4.17. The van der Waals surface area contributed by atoms with E-state index in [0.29, 0.717) is 18.7 Å². The molecule has 0 radical (unpaired) electrons. The van der Waals surface area contributed by atoms with E-state index in [-0.39, 0.29) is 17.4 Å². The molecule has 2 aromatic rings. The number of aromatic amines is 1. The van der Waals surface area contributed by atoms with Crippen molar-refractivity contribution in [2.45, 2.75) is 33.2 Å². The lowest BCUT2D eigenvalue weighted by Crippen LogP contribution is -2.48. The van der Waals surface area contributed by atoms with Gasteiger partial charge in [0.05, 0.1) is 5.69 Å². The van der Waals surface area contributed by atoms with E-state index in [4.69, 9.17) is 4.52 Å². The standard InChI is InChI=1S/C18H24N4O3/c1-12(2)16-9-14(10-17(23)19-16)18(24)22-6-4-21(5-7-22)11-15-8-13(3)25-20-15/h8-10,12H,4-7,11H2,1-3H3,(H,19,23). The number of nitrogens with zero attached hydrogens (tertiary/aromatic N) is 3. The van der Waals surface area contributed by atoms with Gasteiger partial charge in [-0.1, -0.05) is 19.0 Å². The number of rotatable bonds is 4. The summed E-state index contributed by atoms with van der Waals surface area (Å²) in [5.74, 6) is 0.896. The Labute approximate surface area is 146 Å². The summed E-state index contributed by atoms with van der Waals surface area (Å²) in [7, 11) is 0. The van der Waals surface area contributed by atoms with Gasteiger partial charge in [0.25, 0.3) is 5.91 Å². The van der Waals surface area contributed by atoms with Gasteiger partial charge in [0.2, 0.25) is 5.56 Å². The highest BCUT2D eigenvalue weighted by Crippen LogP contribution is 2.14. The largest absolute Gasteiger partial charge is 0.361 e. The molecular formula is C18H24N4O3. The molecule has 3 rings (SSSR count). The Morgan fingerprint density at radius 1 is 1.24 bits per heavy atom. The number of carbonyl (C=O) groups is 1. The minimum absolute atomic E-state index is 0.0788. The Balaban J connectivity index is 1.62. The molecule has 1 saturated heterocycles. The van der Waals surface area contributed by atoms with Gasteiger partial charge >= 0.3 is 0 Å². The van der Waals surface area contributed by atoms with E-state index in [1.165, 1.54) is 6.07 Å². The zero-order valence-corrected chi connectivity index (χ0v) is 14.9. The molecule has 0 bridgehead atoms. The molecule has 0 unspecified atom stereocenters. The maximum atomic E-state index is 12.7. The van der Waals surface area contributed by atoms with Gasteiger partial charge in [0, 0.05) is 56.1 Å². The molecule has 0 aromatic carbocycles. The Bertz CT molecular complexity index is 801. The normalized spacial score (nSPS) is 15.8. The Kier molecular flexibility index (Phi) is 5.03. The fourth-order valence-electron chi connectivity index (χ4n) is 3.01. The Morgan fingerprint density at radius 2 is 1.96 bits per heavy atom. The smallest absolute Gasteiger partial charge is 0.254 e. The van der Waals surface area contributed by atoms with Gasteiger partial charge in [-0.15, -0.1) is 0 Å². The minimum Gasteiger partial charge on any atom is -0.361 e. The van der Waals surface area contributed by atoms with Crippen molar-refractivity contribution in [3.63, 3.8) is 0 Å². The molecule has 1 N–H and O–H groups in total. The molecule has 134 valence electrons. The molecule has 1 amide bonds. The van der Waals surface area contributed by atoms with Crippen LogP contribution in [-0.2, 0) is 6.54 Å². The number of piperazine rings is 1. The van der Waals surface area contributed by atoms with Gasteiger partial charge in [-0.3, -0.25) is 14.5 Å². The first-order valence-corrected chi connectivity index (χ1v) is 8.60. The van der Waals surface area contributed by atoms with E-state index < -0.39 is 0 Å². The monoisotopic (exact) mass is 344 g/mol. The molecule has 7 nitrogen and oxygen atoms in total. The number of hydrogen-bond donors (Lipinski definition) is 1. The second kappa shape index (κ2) is 7.23. The predicted molar refractivity (Wildman–Crippen MR) is 93.6 cm³/mol. The van der Waals surface area contributed by atoms with E-state index in [9.17, 15) is 9.59 Å². The lowest BCUT2D eigenvalue weighted by atomic mass is 10.1. The van der Waals surface area contributed by atoms with Crippen LogP contribution in [0.1, 0.15) is 47.3 Å². The molecule has 1 aliphatic rings. The first-order chi connectivity index (χ1) is 11.9. The quantitative estimate of drug-likeness (QED) is 0.914. The van der Waals surface area contributed by atoms with Crippen LogP contribution in [0.5, 0.6) is 0 Å². The summed E-state index contributed by atoms with van der Waals surface area (Å²) in [6.07, 6.45) is 0. The van der Waals surface area contributed by atoms with Crippen molar-refractivity contribution >= 4 is 5.91 Å².